The molecule has 60 heavy (non-hydrogen) atoms. The Morgan fingerprint density at radius 2 is 0.917 bits per heavy atom. The third-order valence-corrected chi connectivity index (χ3v) is 10.0. The fraction of sp³-hybridized carbons (Fsp3) is 0.593. The van der Waals surface area contributed by atoms with Crippen molar-refractivity contribution in [1.82, 2.24) is 5.32 Å². The lowest BCUT2D eigenvalue weighted by Gasteiger charge is -2.24. The van der Waals surface area contributed by atoms with Gasteiger partial charge in [-0.15, -0.1) is 0 Å². The first kappa shape index (κ1) is 56.3. The van der Waals surface area contributed by atoms with Gasteiger partial charge in [0.1, 0.15) is 6.10 Å². The van der Waals surface area contributed by atoms with Gasteiger partial charge in [-0.3, -0.25) is 9.59 Å². The van der Waals surface area contributed by atoms with Crippen molar-refractivity contribution in [2.24, 2.45) is 0 Å². The van der Waals surface area contributed by atoms with E-state index in [1.54, 1.807) is 0 Å². The van der Waals surface area contributed by atoms with Crippen molar-refractivity contribution in [3.8, 4) is 0 Å². The molecule has 338 valence electrons. The minimum atomic E-state index is -0.822. The van der Waals surface area contributed by atoms with Gasteiger partial charge in [-0.1, -0.05) is 232 Å². The molecule has 0 aliphatic heterocycles. The number of aliphatic hydroxyl groups is 2. The molecule has 1 amide bonds. The number of hydrogen-bond donors (Lipinski definition) is 3. The number of nitrogens with one attached hydrogen (secondary N) is 1. The Balaban J connectivity index is 4.84. The largest absolute Gasteiger partial charge is 0.462 e. The number of rotatable bonds is 40. The Morgan fingerprint density at radius 3 is 1.38 bits per heavy atom. The Kier molecular flexibility index (Phi) is 43.4. The zero-order chi connectivity index (χ0) is 43.8. The molecule has 0 aliphatic carbocycles. The van der Waals surface area contributed by atoms with Crippen LogP contribution in [0.5, 0.6) is 0 Å². The topological polar surface area (TPSA) is 95.9 Å². The molecule has 6 heteroatoms. The number of aliphatic hydroxyl groups excluding tert-OH is 2. The van der Waals surface area contributed by atoms with Crippen molar-refractivity contribution >= 4 is 11.9 Å². The van der Waals surface area contributed by atoms with Gasteiger partial charge < -0.3 is 20.3 Å². The van der Waals surface area contributed by atoms with Crippen LogP contribution in [0.15, 0.2) is 122 Å². The lowest BCUT2D eigenvalue weighted by Crippen LogP contribution is -2.46. The second-order valence-corrected chi connectivity index (χ2v) is 15.6. The molecular formula is C54H87NO5. The predicted octanol–water partition coefficient (Wildman–Crippen LogP) is 14.1. The molecule has 0 aromatic heterocycles. The van der Waals surface area contributed by atoms with Gasteiger partial charge in [-0.2, -0.15) is 0 Å². The summed E-state index contributed by atoms with van der Waals surface area (Å²) in [7, 11) is 0. The third-order valence-electron chi connectivity index (χ3n) is 10.0. The first-order valence-electron chi connectivity index (χ1n) is 23.9. The number of allylic oxidation sites excluding steroid dienone is 20. The highest BCUT2D eigenvalue weighted by molar-refractivity contribution is 5.77. The van der Waals surface area contributed by atoms with Gasteiger partial charge >= 0.3 is 5.97 Å². The number of ether oxygens (including phenoxy) is 1. The van der Waals surface area contributed by atoms with E-state index in [2.05, 4.69) is 50.4 Å². The van der Waals surface area contributed by atoms with E-state index in [4.69, 9.17) is 4.74 Å². The van der Waals surface area contributed by atoms with Crippen molar-refractivity contribution in [2.75, 3.05) is 6.61 Å². The molecule has 0 rings (SSSR count). The van der Waals surface area contributed by atoms with Crippen molar-refractivity contribution in [3.63, 3.8) is 0 Å². The van der Waals surface area contributed by atoms with Gasteiger partial charge in [-0.25, -0.2) is 0 Å². The van der Waals surface area contributed by atoms with Crippen LogP contribution in [0.4, 0.5) is 0 Å². The van der Waals surface area contributed by atoms with E-state index in [9.17, 15) is 19.8 Å². The molecule has 3 unspecified atom stereocenters. The number of carbonyl (C=O) groups is 2. The zero-order valence-corrected chi connectivity index (χ0v) is 38.3. The maximum Gasteiger partial charge on any atom is 0.306 e. The van der Waals surface area contributed by atoms with E-state index in [1.165, 1.54) is 64.2 Å². The number of unbranched alkanes of at least 4 members (excludes halogenated alkanes) is 16. The molecule has 3 N–H and O–H groups in total. The van der Waals surface area contributed by atoms with E-state index in [1.807, 2.05) is 97.2 Å². The standard InChI is InChI=1S/C54H87NO5/c1-4-7-10-13-16-19-22-25-26-29-30-33-36-39-42-45-50(60-54(59)47-44-41-38-35-32-28-24-21-18-15-12-9-6-3)48-53(58)55-51(49-56)52(57)46-43-40-37-34-31-27-23-20-17-14-11-8-5-2/h7,9-10,12-13,15-16,18-19,21-22,24-26,28-30,32-33,36,50-52,56-57H,4-6,8,11,14,17,20,23,27,31,34-35,37-49H2,1-3H3,(H,55,58)/b10-7-,12-9+,16-13+,18-15+,22-19+,24-21-,26-25-,30-29+,32-28-,36-33+. The Hall–Kier alpha value is -3.74. The first-order chi connectivity index (χ1) is 29.5. The molecule has 0 aromatic rings. The second kappa shape index (κ2) is 46.3. The molecular weight excluding hydrogens is 743 g/mol. The normalized spacial score (nSPS) is 14.4. The summed E-state index contributed by atoms with van der Waals surface area (Å²) in [6.07, 6.45) is 64.0. The van der Waals surface area contributed by atoms with Gasteiger partial charge in [0.15, 0.2) is 0 Å². The Labute approximate surface area is 368 Å². The highest BCUT2D eigenvalue weighted by Gasteiger charge is 2.24. The first-order valence-corrected chi connectivity index (χ1v) is 23.9. The zero-order valence-electron chi connectivity index (χ0n) is 38.3. The van der Waals surface area contributed by atoms with Gasteiger partial charge in [-0.05, 0) is 57.8 Å². The van der Waals surface area contributed by atoms with Crippen LogP contribution in [-0.4, -0.2) is 46.9 Å². The highest BCUT2D eigenvalue weighted by Crippen LogP contribution is 2.16. The van der Waals surface area contributed by atoms with Crippen LogP contribution in [0.25, 0.3) is 0 Å². The average molecular weight is 830 g/mol. The SMILES string of the molecule is CC\C=C/C=C/C=C/C=C\C=C\C=C\CCCC(CC(=O)NC(CO)C(O)CCCCCCCCCCCCCCC)OC(=O)CCCCC\C=C/C=C\C=C\C=C\CC. The van der Waals surface area contributed by atoms with Crippen molar-refractivity contribution < 1.29 is 24.5 Å². The summed E-state index contributed by atoms with van der Waals surface area (Å²) in [5, 5.41) is 23.7. The fourth-order valence-corrected chi connectivity index (χ4v) is 6.48. The van der Waals surface area contributed by atoms with Crippen molar-refractivity contribution in [2.45, 2.75) is 200 Å². The predicted molar refractivity (Wildman–Crippen MR) is 259 cm³/mol. The maximum atomic E-state index is 13.2. The van der Waals surface area contributed by atoms with Crippen LogP contribution >= 0.6 is 0 Å². The third kappa shape index (κ3) is 41.0. The maximum absolute atomic E-state index is 13.2. The Morgan fingerprint density at radius 1 is 0.500 bits per heavy atom. The molecule has 0 aromatic carbocycles. The van der Waals surface area contributed by atoms with E-state index in [-0.39, 0.29) is 24.9 Å². The summed E-state index contributed by atoms with van der Waals surface area (Å²) in [5.41, 5.74) is 0. The van der Waals surface area contributed by atoms with Gasteiger partial charge in [0, 0.05) is 6.42 Å². The van der Waals surface area contributed by atoms with E-state index >= 15 is 0 Å². The molecule has 0 saturated carbocycles. The van der Waals surface area contributed by atoms with Gasteiger partial charge in [0.05, 0.1) is 25.2 Å². The monoisotopic (exact) mass is 830 g/mol. The smallest absolute Gasteiger partial charge is 0.306 e. The summed E-state index contributed by atoms with van der Waals surface area (Å²) in [6, 6.07) is -0.742. The van der Waals surface area contributed by atoms with Crippen LogP contribution in [0.3, 0.4) is 0 Å². The van der Waals surface area contributed by atoms with Crippen LogP contribution in [0, 0.1) is 0 Å². The van der Waals surface area contributed by atoms with E-state index in [0.717, 1.165) is 70.6 Å². The summed E-state index contributed by atoms with van der Waals surface area (Å²) in [6.45, 7) is 6.14. The van der Waals surface area contributed by atoms with E-state index in [0.29, 0.717) is 19.3 Å². The van der Waals surface area contributed by atoms with Crippen LogP contribution < -0.4 is 5.32 Å². The number of hydrogen-bond acceptors (Lipinski definition) is 5. The molecule has 0 aliphatic rings. The molecule has 0 bridgehead atoms. The molecule has 3 atom stereocenters. The van der Waals surface area contributed by atoms with Crippen LogP contribution in [0.2, 0.25) is 0 Å². The summed E-state index contributed by atoms with van der Waals surface area (Å²) >= 11 is 0. The molecule has 0 spiro atoms. The number of amides is 1. The molecule has 0 saturated heterocycles. The molecule has 6 nitrogen and oxygen atoms in total. The minimum absolute atomic E-state index is 0.00208. The van der Waals surface area contributed by atoms with Crippen molar-refractivity contribution in [3.05, 3.63) is 122 Å². The van der Waals surface area contributed by atoms with Crippen LogP contribution in [-0.2, 0) is 14.3 Å². The summed E-state index contributed by atoms with van der Waals surface area (Å²) in [4.78, 5) is 26.0. The van der Waals surface area contributed by atoms with E-state index < -0.39 is 18.2 Å². The second-order valence-electron chi connectivity index (χ2n) is 15.6. The quantitative estimate of drug-likeness (QED) is 0.0325. The van der Waals surface area contributed by atoms with Crippen LogP contribution in [0.1, 0.15) is 181 Å². The highest BCUT2D eigenvalue weighted by atomic mass is 16.5. The number of carbonyl (C=O) groups excluding carboxylic acids is 2. The van der Waals surface area contributed by atoms with Crippen molar-refractivity contribution in [1.29, 1.82) is 0 Å². The molecule has 0 heterocycles. The fourth-order valence-electron chi connectivity index (χ4n) is 6.48. The van der Waals surface area contributed by atoms with Gasteiger partial charge in [0.2, 0.25) is 5.91 Å². The minimum Gasteiger partial charge on any atom is -0.462 e. The summed E-state index contributed by atoms with van der Waals surface area (Å²) < 4.78 is 5.85. The number of esters is 1. The average Bonchev–Trinajstić information content (AvgIpc) is 3.24. The molecule has 0 radical (unpaired) electrons. The lowest BCUT2D eigenvalue weighted by molar-refractivity contribution is -0.151. The van der Waals surface area contributed by atoms with Gasteiger partial charge in [0.25, 0.3) is 0 Å². The molecule has 0 fully saturated rings. The lowest BCUT2D eigenvalue weighted by atomic mass is 10.0. The summed E-state index contributed by atoms with van der Waals surface area (Å²) in [5.74, 6) is -0.610. The Bertz CT molecular complexity index is 1300.